The van der Waals surface area contributed by atoms with Crippen LogP contribution in [0.3, 0.4) is 0 Å². The molecule has 19 heavy (non-hydrogen) atoms. The predicted octanol–water partition coefficient (Wildman–Crippen LogP) is 2.98. The maximum Gasteiger partial charge on any atom is 0.270 e. The second kappa shape index (κ2) is 5.81. The Hall–Kier alpha value is -0.590. The van der Waals surface area contributed by atoms with Crippen molar-refractivity contribution >= 4 is 37.0 Å². The van der Waals surface area contributed by atoms with Crippen LogP contribution in [0.2, 0.25) is 0 Å². The molecule has 2 rings (SSSR count). The first kappa shape index (κ1) is 14.8. The van der Waals surface area contributed by atoms with E-state index in [-0.39, 0.29) is 16.2 Å². The highest BCUT2D eigenvalue weighted by Gasteiger charge is 2.26. The summed E-state index contributed by atoms with van der Waals surface area (Å²) in [6, 6.07) is 1.49. The Kier molecular flexibility index (Phi) is 4.53. The zero-order valence-electron chi connectivity index (χ0n) is 10.6. The van der Waals surface area contributed by atoms with Gasteiger partial charge in [0, 0.05) is 22.1 Å². The molecule has 1 aromatic rings. The number of hydrogen-bond donors (Lipinski definition) is 1. The van der Waals surface area contributed by atoms with Gasteiger partial charge in [-0.2, -0.15) is 0 Å². The normalized spacial score (nSPS) is 17.2. The van der Waals surface area contributed by atoms with Crippen molar-refractivity contribution in [2.45, 2.75) is 42.9 Å². The molecule has 0 spiro atoms. The van der Waals surface area contributed by atoms with Crippen molar-refractivity contribution in [3.05, 3.63) is 17.0 Å². The van der Waals surface area contributed by atoms with Crippen molar-refractivity contribution < 1.29 is 13.2 Å². The van der Waals surface area contributed by atoms with E-state index in [1.54, 1.807) is 0 Å². The minimum Gasteiger partial charge on any atom is -0.349 e. The van der Waals surface area contributed by atoms with Gasteiger partial charge in [0.1, 0.15) is 4.21 Å². The number of thiophene rings is 1. The molecule has 0 aromatic carbocycles. The van der Waals surface area contributed by atoms with Crippen molar-refractivity contribution in [2.75, 3.05) is 0 Å². The summed E-state index contributed by atoms with van der Waals surface area (Å²) in [6.07, 6.45) is 4.39. The van der Waals surface area contributed by atoms with Crippen molar-refractivity contribution in [3.63, 3.8) is 0 Å². The maximum absolute atomic E-state index is 12.0. The zero-order valence-corrected chi connectivity index (χ0v) is 12.9. The zero-order chi connectivity index (χ0) is 14.0. The third-order valence-corrected chi connectivity index (χ3v) is 6.26. The predicted molar refractivity (Wildman–Crippen MR) is 76.2 cm³/mol. The summed E-state index contributed by atoms with van der Waals surface area (Å²) in [7, 11) is 1.49. The highest BCUT2D eigenvalue weighted by Crippen LogP contribution is 2.34. The van der Waals surface area contributed by atoms with Crippen molar-refractivity contribution in [1.29, 1.82) is 0 Å². The van der Waals surface area contributed by atoms with Crippen LogP contribution < -0.4 is 5.32 Å². The number of carbonyl (C=O) groups is 1. The molecule has 7 heteroatoms. The Morgan fingerprint density at radius 1 is 1.58 bits per heavy atom. The number of nitrogens with one attached hydrogen (secondary N) is 1. The fourth-order valence-electron chi connectivity index (χ4n) is 1.92. The number of rotatable bonds is 6. The third-order valence-electron chi connectivity index (χ3n) is 3.22. The first-order chi connectivity index (χ1) is 8.90. The van der Waals surface area contributed by atoms with Gasteiger partial charge in [0.2, 0.25) is 0 Å². The minimum atomic E-state index is -3.75. The Bertz CT molecular complexity index is 563. The molecule has 1 atom stereocenters. The van der Waals surface area contributed by atoms with Gasteiger partial charge in [-0.05, 0) is 24.8 Å². The smallest absolute Gasteiger partial charge is 0.270 e. The van der Waals surface area contributed by atoms with E-state index < -0.39 is 9.05 Å². The molecule has 1 aliphatic carbocycles. The van der Waals surface area contributed by atoms with Crippen LogP contribution in [0, 0.1) is 5.92 Å². The fraction of sp³-hybridized carbons (Fsp3) is 0.583. The van der Waals surface area contributed by atoms with Gasteiger partial charge in [-0.15, -0.1) is 11.3 Å². The molecule has 1 fully saturated rings. The van der Waals surface area contributed by atoms with Crippen LogP contribution in [-0.4, -0.2) is 20.4 Å². The summed E-state index contributed by atoms with van der Waals surface area (Å²) in [5, 5.41) is 4.47. The van der Waals surface area contributed by atoms with Crippen molar-refractivity contribution in [2.24, 2.45) is 5.92 Å². The van der Waals surface area contributed by atoms with E-state index in [0.717, 1.165) is 30.1 Å². The van der Waals surface area contributed by atoms with Crippen molar-refractivity contribution in [1.82, 2.24) is 5.32 Å². The standard InChI is InChI=1S/C12H16ClNO3S2/c1-2-10(5-8-3-4-8)14-12(15)9-6-11(18-7-9)19(13,16)17/h6-8,10H,2-5H2,1H3,(H,14,15). The van der Waals surface area contributed by atoms with Crippen LogP contribution in [0.5, 0.6) is 0 Å². The Morgan fingerprint density at radius 2 is 2.26 bits per heavy atom. The lowest BCUT2D eigenvalue weighted by Gasteiger charge is -2.15. The first-order valence-electron chi connectivity index (χ1n) is 6.24. The van der Waals surface area contributed by atoms with Gasteiger partial charge in [-0.3, -0.25) is 4.79 Å². The molecule has 4 nitrogen and oxygen atoms in total. The van der Waals surface area contributed by atoms with Crippen LogP contribution in [-0.2, 0) is 9.05 Å². The lowest BCUT2D eigenvalue weighted by Crippen LogP contribution is -2.34. The molecule has 1 heterocycles. The summed E-state index contributed by atoms with van der Waals surface area (Å²) in [5.41, 5.74) is 0.360. The number of halogens is 1. The Morgan fingerprint density at radius 3 is 2.74 bits per heavy atom. The highest BCUT2D eigenvalue weighted by molar-refractivity contribution is 8.15. The van der Waals surface area contributed by atoms with E-state index >= 15 is 0 Å². The van der Waals surface area contributed by atoms with Crippen molar-refractivity contribution in [3.8, 4) is 0 Å². The lowest BCUT2D eigenvalue weighted by atomic mass is 10.1. The summed E-state index contributed by atoms with van der Waals surface area (Å²) in [4.78, 5) is 12.0. The average Bonchev–Trinajstić information content (AvgIpc) is 2.98. The fourth-order valence-corrected chi connectivity index (χ4v) is 3.86. The summed E-state index contributed by atoms with van der Waals surface area (Å²) >= 11 is 0.965. The molecule has 0 saturated heterocycles. The van der Waals surface area contributed by atoms with Gasteiger partial charge in [0.15, 0.2) is 0 Å². The quantitative estimate of drug-likeness (QED) is 0.819. The monoisotopic (exact) mass is 321 g/mol. The van der Waals surface area contributed by atoms with Gasteiger partial charge in [-0.1, -0.05) is 19.8 Å². The molecule has 0 radical (unpaired) electrons. The largest absolute Gasteiger partial charge is 0.349 e. The second-order valence-corrected chi connectivity index (χ2v) is 8.55. The molecule has 1 aromatic heterocycles. The maximum atomic E-state index is 12.0. The van der Waals surface area contributed by atoms with E-state index in [9.17, 15) is 13.2 Å². The molecule has 0 aliphatic heterocycles. The Balaban J connectivity index is 2.00. The highest BCUT2D eigenvalue weighted by atomic mass is 35.7. The van der Waals surface area contributed by atoms with Crippen LogP contribution >= 0.6 is 22.0 Å². The summed E-state index contributed by atoms with van der Waals surface area (Å²) in [6.45, 7) is 2.04. The molecular weight excluding hydrogens is 306 g/mol. The average molecular weight is 322 g/mol. The van der Waals surface area contributed by atoms with Gasteiger partial charge in [-0.25, -0.2) is 8.42 Å². The summed E-state index contributed by atoms with van der Waals surface area (Å²) < 4.78 is 22.3. The van der Waals surface area contributed by atoms with Gasteiger partial charge in [0.25, 0.3) is 15.0 Å². The summed E-state index contributed by atoms with van der Waals surface area (Å²) in [5.74, 6) is 0.516. The molecule has 1 aliphatic rings. The molecule has 1 saturated carbocycles. The lowest BCUT2D eigenvalue weighted by molar-refractivity contribution is 0.0933. The first-order valence-corrected chi connectivity index (χ1v) is 9.43. The van der Waals surface area contributed by atoms with Crippen LogP contribution in [0.4, 0.5) is 0 Å². The van der Waals surface area contributed by atoms with E-state index in [0.29, 0.717) is 5.56 Å². The van der Waals surface area contributed by atoms with E-state index in [4.69, 9.17) is 10.7 Å². The Labute approximate surface area is 121 Å². The van der Waals surface area contributed by atoms with E-state index in [1.807, 2.05) is 6.92 Å². The molecule has 1 N–H and O–H groups in total. The minimum absolute atomic E-state index is 0.00885. The molecule has 1 amide bonds. The molecule has 106 valence electrons. The van der Waals surface area contributed by atoms with Crippen LogP contribution in [0.15, 0.2) is 15.7 Å². The molecule has 0 bridgehead atoms. The van der Waals surface area contributed by atoms with Gasteiger partial charge >= 0.3 is 0 Å². The van der Waals surface area contributed by atoms with Crippen LogP contribution in [0.1, 0.15) is 43.0 Å². The third kappa shape index (κ3) is 4.19. The second-order valence-electron chi connectivity index (χ2n) is 4.85. The van der Waals surface area contributed by atoms with Gasteiger partial charge < -0.3 is 5.32 Å². The number of carbonyl (C=O) groups excluding carboxylic acids is 1. The number of hydrogen-bond acceptors (Lipinski definition) is 4. The SMILES string of the molecule is CCC(CC1CC1)NC(=O)c1csc(S(=O)(=O)Cl)c1. The number of amides is 1. The van der Waals surface area contributed by atoms with Crippen LogP contribution in [0.25, 0.3) is 0 Å². The molecular formula is C12H16ClNO3S2. The van der Waals surface area contributed by atoms with Gasteiger partial charge in [0.05, 0.1) is 5.56 Å². The van der Waals surface area contributed by atoms with E-state index in [1.165, 1.54) is 24.3 Å². The molecule has 1 unspecified atom stereocenters. The topological polar surface area (TPSA) is 63.2 Å². The van der Waals surface area contributed by atoms with E-state index in [2.05, 4.69) is 5.32 Å².